The summed E-state index contributed by atoms with van der Waals surface area (Å²) in [6.07, 6.45) is 0. The van der Waals surface area contributed by atoms with Gasteiger partial charge < -0.3 is 0 Å². The molecule has 3 aromatic rings. The topological polar surface area (TPSA) is 86.1 Å². The maximum atomic E-state index is 11.4. The summed E-state index contributed by atoms with van der Waals surface area (Å²) in [5.74, 6) is 0. The van der Waals surface area contributed by atoms with Crippen molar-refractivity contribution in [3.8, 4) is 0 Å². The van der Waals surface area contributed by atoms with Gasteiger partial charge in [-0.15, -0.1) is 5.11 Å². The number of aliphatic hydroxyl groups excluding tert-OH is 1. The Morgan fingerprint density at radius 1 is 0.889 bits per heavy atom. The third-order valence-electron chi connectivity index (χ3n) is 3.31. The van der Waals surface area contributed by atoms with Crippen LogP contribution in [0.4, 0.5) is 16.2 Å². The number of hydrogen-bond acceptors (Lipinski definition) is 4. The molecule has 0 unspecified atom stereocenters. The molecule has 0 bridgehead atoms. The Morgan fingerprint density at radius 3 is 2.07 bits per heavy atom. The number of benzene rings is 3. The van der Waals surface area contributed by atoms with E-state index in [9.17, 15) is 4.79 Å². The van der Waals surface area contributed by atoms with Crippen molar-refractivity contribution in [2.75, 3.05) is 5.43 Å². The summed E-state index contributed by atoms with van der Waals surface area (Å²) < 4.78 is 1.42. The Bertz CT molecular complexity index is 841. The number of aliphatic hydroxyl groups is 1. The summed E-state index contributed by atoms with van der Waals surface area (Å²) in [7, 11) is 0. The fourth-order valence-electron chi connectivity index (χ4n) is 1.91. The van der Waals surface area contributed by atoms with Gasteiger partial charge in [0.05, 0.1) is 11.4 Å². The van der Waals surface area contributed by atoms with Crippen molar-refractivity contribution in [2.24, 2.45) is 10.2 Å². The number of hydrogen-bond donors (Lipinski definition) is 3. The molecule has 0 aromatic heterocycles. The molecule has 3 rings (SSSR count). The van der Waals surface area contributed by atoms with Crippen molar-refractivity contribution in [1.29, 1.82) is 0 Å². The summed E-state index contributed by atoms with van der Waals surface area (Å²) in [6.45, 7) is 0.161. The van der Waals surface area contributed by atoms with E-state index in [-0.39, 0.29) is 6.61 Å². The van der Waals surface area contributed by atoms with Crippen LogP contribution >= 0.6 is 0 Å². The molecule has 0 aliphatic rings. The number of rotatable bonds is 4. The van der Waals surface area contributed by atoms with Gasteiger partial charge in [0.15, 0.2) is 0 Å². The van der Waals surface area contributed by atoms with Crippen LogP contribution in [0.15, 0.2) is 95.2 Å². The van der Waals surface area contributed by atoms with Crippen molar-refractivity contribution in [3.63, 3.8) is 0 Å². The van der Waals surface area contributed by atoms with E-state index in [2.05, 4.69) is 33.2 Å². The second-order valence-corrected chi connectivity index (χ2v) is 8.61. The van der Waals surface area contributed by atoms with Gasteiger partial charge in [-0.1, -0.05) is 41.5 Å². The third-order valence-corrected chi connectivity index (χ3v) is 5.14. The van der Waals surface area contributed by atoms with Gasteiger partial charge in [-0.3, -0.25) is 5.43 Å². The predicted molar refractivity (Wildman–Crippen MR) is 102 cm³/mol. The van der Waals surface area contributed by atoms with Crippen molar-refractivity contribution in [3.05, 3.63) is 90.5 Å². The molecule has 0 radical (unpaired) electrons. The summed E-state index contributed by atoms with van der Waals surface area (Å²) in [6, 6.07) is 25.9. The molecule has 0 aliphatic carbocycles. The summed E-state index contributed by atoms with van der Waals surface area (Å²) in [5, 5.41) is 16.0. The molecule has 0 saturated heterocycles. The van der Waals surface area contributed by atoms with Crippen LogP contribution in [0.5, 0.6) is 0 Å². The molecule has 0 saturated carbocycles. The number of nitrogens with one attached hydrogen (secondary N) is 2. The molecule has 0 fully saturated rings. The molecular formula is C20H19HgN4O2. The molecule has 7 heteroatoms. The van der Waals surface area contributed by atoms with E-state index in [1.807, 2.05) is 60.7 Å². The molecule has 0 spiro atoms. The molecule has 6 nitrogen and oxygen atoms in total. The zero-order valence-corrected chi connectivity index (χ0v) is 20.2. The molecular weight excluding hydrogens is 529 g/mol. The molecule has 0 atom stereocenters. The van der Waals surface area contributed by atoms with Gasteiger partial charge >= 0.3 is 76.8 Å². The Kier molecular flexibility index (Phi) is 9.16. The first-order valence-corrected chi connectivity index (χ1v) is 11.0. The molecule has 2 amide bonds. The second kappa shape index (κ2) is 11.9. The summed E-state index contributed by atoms with van der Waals surface area (Å²) in [4.78, 5) is 11.4. The molecule has 133 valence electrons. The SMILES string of the molecule is O=C(N=Nc1ccccc1)NNc1ccccc1.OCc1cc[c]([Hg])cc1. The number of carbonyl (C=O) groups is 1. The monoisotopic (exact) mass is 549 g/mol. The first-order valence-electron chi connectivity index (χ1n) is 8.27. The Labute approximate surface area is 174 Å². The summed E-state index contributed by atoms with van der Waals surface area (Å²) in [5.41, 5.74) is 7.56. The van der Waals surface area contributed by atoms with E-state index in [0.717, 1.165) is 37.4 Å². The standard InChI is InChI=1S/C13H12N4O.C7H7O.Hg/c18-13(16-14-11-7-3-1-4-8-11)17-15-12-9-5-2-6-10-12;8-6-7-4-2-1-3-5-7;/h1-10,14H,(H,16,18);2-5,8H,6H2;. The van der Waals surface area contributed by atoms with Crippen molar-refractivity contribution in [1.82, 2.24) is 5.43 Å². The fourth-order valence-corrected chi connectivity index (χ4v) is 2.83. The van der Waals surface area contributed by atoms with E-state index >= 15 is 0 Å². The van der Waals surface area contributed by atoms with E-state index < -0.39 is 6.03 Å². The van der Waals surface area contributed by atoms with Crippen molar-refractivity contribution in [2.45, 2.75) is 6.61 Å². The van der Waals surface area contributed by atoms with E-state index in [0.29, 0.717) is 5.69 Å². The molecule has 3 N–H and O–H groups in total. The second-order valence-electron chi connectivity index (χ2n) is 5.43. The third kappa shape index (κ3) is 8.57. The van der Waals surface area contributed by atoms with Gasteiger partial charge in [-0.2, -0.15) is 0 Å². The van der Waals surface area contributed by atoms with Gasteiger partial charge in [0.1, 0.15) is 0 Å². The zero-order valence-electron chi connectivity index (χ0n) is 14.7. The van der Waals surface area contributed by atoms with Gasteiger partial charge in [-0.05, 0) is 24.3 Å². The maximum absolute atomic E-state index is 11.4. The van der Waals surface area contributed by atoms with E-state index in [1.165, 1.54) is 3.07 Å². The molecule has 0 heterocycles. The number of nitrogens with zero attached hydrogens (tertiary/aromatic N) is 2. The van der Waals surface area contributed by atoms with Crippen molar-refractivity contribution < 1.29 is 36.0 Å². The normalized spacial score (nSPS) is 10.0. The van der Waals surface area contributed by atoms with Crippen LogP contribution in [-0.4, -0.2) is 11.1 Å². The Hall–Kier alpha value is -2.57. The number of urea groups is 1. The van der Waals surface area contributed by atoms with E-state index in [4.69, 9.17) is 5.11 Å². The van der Waals surface area contributed by atoms with Crippen LogP contribution in [0.3, 0.4) is 0 Å². The fraction of sp³-hybridized carbons (Fsp3) is 0.0500. The Morgan fingerprint density at radius 2 is 1.48 bits per heavy atom. The van der Waals surface area contributed by atoms with Crippen LogP contribution in [-0.2, 0) is 32.7 Å². The van der Waals surface area contributed by atoms with Gasteiger partial charge in [0.25, 0.3) is 0 Å². The zero-order chi connectivity index (χ0) is 19.3. The number of amides is 2. The number of hydrazine groups is 1. The Balaban J connectivity index is 0.000000244. The van der Waals surface area contributed by atoms with Gasteiger partial charge in [0.2, 0.25) is 0 Å². The average molecular weight is 548 g/mol. The van der Waals surface area contributed by atoms with Gasteiger partial charge in [0, 0.05) is 0 Å². The van der Waals surface area contributed by atoms with Crippen molar-refractivity contribution >= 4 is 20.5 Å². The number of para-hydroxylation sites is 1. The minimum absolute atomic E-state index is 0.161. The van der Waals surface area contributed by atoms with E-state index in [1.54, 1.807) is 12.1 Å². The molecule has 27 heavy (non-hydrogen) atoms. The minimum atomic E-state index is -0.553. The summed E-state index contributed by atoms with van der Waals surface area (Å²) >= 11 is 0.718. The molecule has 3 aromatic carbocycles. The number of anilines is 1. The van der Waals surface area contributed by atoms with Crippen LogP contribution in [0.2, 0.25) is 0 Å². The van der Waals surface area contributed by atoms with Crippen LogP contribution in [0, 0.1) is 0 Å². The quantitative estimate of drug-likeness (QED) is 0.263. The van der Waals surface area contributed by atoms with Crippen LogP contribution in [0.25, 0.3) is 0 Å². The van der Waals surface area contributed by atoms with Crippen LogP contribution < -0.4 is 13.9 Å². The first-order chi connectivity index (χ1) is 13.2. The van der Waals surface area contributed by atoms with Crippen LogP contribution in [0.1, 0.15) is 5.56 Å². The number of carbonyl (C=O) groups excluding carboxylic acids is 1. The number of azo groups is 1. The average Bonchev–Trinajstić information content (AvgIpc) is 2.73. The molecule has 0 aliphatic heterocycles. The predicted octanol–water partition coefficient (Wildman–Crippen LogP) is 3.86. The van der Waals surface area contributed by atoms with Gasteiger partial charge in [-0.25, -0.2) is 10.2 Å². The first kappa shape index (κ1) is 20.7.